The van der Waals surface area contributed by atoms with E-state index in [1.54, 1.807) is 0 Å². The van der Waals surface area contributed by atoms with E-state index < -0.39 is 11.2 Å². The van der Waals surface area contributed by atoms with Gasteiger partial charge in [-0.05, 0) is 74.4 Å². The zero-order chi connectivity index (χ0) is 26.1. The molecule has 0 amide bonds. The summed E-state index contributed by atoms with van der Waals surface area (Å²) in [5, 5.41) is 0. The number of aryl methyl sites for hydroxylation is 4. The maximum atomic E-state index is 12.5. The largest absolute Gasteiger partial charge is 0.373 e. The first-order chi connectivity index (χ1) is 17.8. The molecule has 8 heteroatoms. The lowest BCUT2D eigenvalue weighted by molar-refractivity contribution is -0.0800. The minimum atomic E-state index is -0.647. The van der Waals surface area contributed by atoms with Crippen LogP contribution in [0.4, 0.5) is 0 Å². The van der Waals surface area contributed by atoms with Gasteiger partial charge in [0.25, 0.3) is 5.56 Å². The Balaban J connectivity index is 1.32. The number of morpholine rings is 1. The highest BCUT2D eigenvalue weighted by atomic mass is 16.5. The molecule has 5 rings (SSSR count). The third-order valence-electron chi connectivity index (χ3n) is 7.36. The highest BCUT2D eigenvalue weighted by Crippen LogP contribution is 2.24. The van der Waals surface area contributed by atoms with E-state index in [1.165, 1.54) is 11.1 Å². The van der Waals surface area contributed by atoms with Crippen LogP contribution in [-0.2, 0) is 24.2 Å². The Morgan fingerprint density at radius 2 is 1.76 bits per heavy atom. The summed E-state index contributed by atoms with van der Waals surface area (Å²) in [6.45, 7) is 11.9. The fraction of sp³-hybridized carbons (Fsp3) is 0.448. The number of nitrogens with one attached hydrogen (secondary N) is 1. The van der Waals surface area contributed by atoms with Gasteiger partial charge in [-0.3, -0.25) is 14.7 Å². The molecule has 0 radical (unpaired) electrons. The van der Waals surface area contributed by atoms with Crippen LogP contribution in [0.1, 0.15) is 48.9 Å². The number of rotatable bonds is 7. The van der Waals surface area contributed by atoms with Gasteiger partial charge in [0.2, 0.25) is 0 Å². The van der Waals surface area contributed by atoms with E-state index in [2.05, 4.69) is 71.0 Å². The third-order valence-corrected chi connectivity index (χ3v) is 7.36. The van der Waals surface area contributed by atoms with Gasteiger partial charge in [0, 0.05) is 26.2 Å². The number of hydrogen-bond acceptors (Lipinski definition) is 6. The fourth-order valence-electron chi connectivity index (χ4n) is 5.28. The standard InChI is InChI=1S/C29H35N5O3/c1-5-23-17-33(15-20(4)37-23)16-22-10-8-21(9-11-22)7-6-12-34-25-14-19(3)18(2)13-24(25)30-26-27(34)31-29(36)32-28(26)35/h8-11,13-14,20,23H,5-7,12,15-17H2,1-4H3,(H,32,35,36)/t20-,23+/m1/s1. The minimum Gasteiger partial charge on any atom is -0.373 e. The predicted octanol–water partition coefficient (Wildman–Crippen LogP) is 3.83. The van der Waals surface area contributed by atoms with Crippen LogP contribution in [0.5, 0.6) is 0 Å². The van der Waals surface area contributed by atoms with Crippen LogP contribution in [0.2, 0.25) is 0 Å². The van der Waals surface area contributed by atoms with E-state index in [-0.39, 0.29) is 11.8 Å². The molecular weight excluding hydrogens is 466 g/mol. The average molecular weight is 502 g/mol. The van der Waals surface area contributed by atoms with Gasteiger partial charge < -0.3 is 9.30 Å². The van der Waals surface area contributed by atoms with Crippen molar-refractivity contribution in [1.82, 2.24) is 24.4 Å². The van der Waals surface area contributed by atoms with Crippen molar-refractivity contribution in [2.45, 2.75) is 72.3 Å². The summed E-state index contributed by atoms with van der Waals surface area (Å²) in [4.78, 5) is 37.9. The van der Waals surface area contributed by atoms with Crippen LogP contribution in [0, 0.1) is 13.8 Å². The van der Waals surface area contributed by atoms with Crippen LogP contribution >= 0.6 is 0 Å². The lowest BCUT2D eigenvalue weighted by Gasteiger charge is -2.36. The predicted molar refractivity (Wildman–Crippen MR) is 145 cm³/mol. The van der Waals surface area contributed by atoms with Crippen molar-refractivity contribution in [3.05, 3.63) is 79.5 Å². The molecule has 0 aliphatic carbocycles. The summed E-state index contributed by atoms with van der Waals surface area (Å²) in [5.41, 5.74) is 5.47. The van der Waals surface area contributed by atoms with Crippen molar-refractivity contribution < 1.29 is 4.74 Å². The number of aromatic amines is 1. The van der Waals surface area contributed by atoms with Gasteiger partial charge in [0.05, 0.1) is 23.2 Å². The molecule has 2 aromatic rings. The molecule has 1 fully saturated rings. The van der Waals surface area contributed by atoms with E-state index in [1.807, 2.05) is 17.6 Å². The lowest BCUT2D eigenvalue weighted by Crippen LogP contribution is -2.45. The molecule has 1 saturated heterocycles. The molecule has 37 heavy (non-hydrogen) atoms. The number of hydrogen-bond donors (Lipinski definition) is 1. The first-order valence-electron chi connectivity index (χ1n) is 13.2. The van der Waals surface area contributed by atoms with E-state index in [0.29, 0.717) is 18.5 Å². The molecule has 1 N–H and O–H groups in total. The van der Waals surface area contributed by atoms with Gasteiger partial charge in [-0.1, -0.05) is 31.2 Å². The molecular formula is C29H35N5O3. The molecule has 0 saturated carbocycles. The van der Waals surface area contributed by atoms with Gasteiger partial charge in [-0.25, -0.2) is 9.78 Å². The molecule has 3 aliphatic rings. The van der Waals surface area contributed by atoms with Crippen LogP contribution in [0.3, 0.4) is 0 Å². The Labute approximate surface area is 216 Å². The number of aromatic nitrogens is 4. The summed E-state index contributed by atoms with van der Waals surface area (Å²) in [7, 11) is 0. The maximum absolute atomic E-state index is 12.5. The molecule has 2 atom stereocenters. The second kappa shape index (κ2) is 10.6. The smallest absolute Gasteiger partial charge is 0.349 e. The summed E-state index contributed by atoms with van der Waals surface area (Å²) in [5.74, 6) is 0.338. The van der Waals surface area contributed by atoms with Gasteiger partial charge in [-0.2, -0.15) is 4.98 Å². The van der Waals surface area contributed by atoms with E-state index in [9.17, 15) is 9.59 Å². The van der Waals surface area contributed by atoms with Crippen LogP contribution in [0.15, 0.2) is 46.0 Å². The lowest BCUT2D eigenvalue weighted by atomic mass is 10.1. The summed E-state index contributed by atoms with van der Waals surface area (Å²) in [6.07, 6.45) is 3.35. The van der Waals surface area contributed by atoms with Crippen LogP contribution in [-0.4, -0.2) is 49.7 Å². The number of H-pyrrole nitrogens is 1. The Hall–Kier alpha value is -3.36. The SMILES string of the molecule is CC[C@H]1CN(Cc2ccc(CCCn3c4nc(=O)[nH]c(=O)c-4nc4cc(C)c(C)cc43)cc2)C[C@@H](C)O1. The molecule has 2 aromatic carbocycles. The summed E-state index contributed by atoms with van der Waals surface area (Å²) < 4.78 is 7.96. The van der Waals surface area contributed by atoms with Gasteiger partial charge in [-0.15, -0.1) is 0 Å². The topological polar surface area (TPSA) is 93.1 Å². The van der Waals surface area contributed by atoms with Crippen molar-refractivity contribution in [3.8, 4) is 11.5 Å². The van der Waals surface area contributed by atoms with Gasteiger partial charge in [0.1, 0.15) is 0 Å². The van der Waals surface area contributed by atoms with Crippen molar-refractivity contribution >= 4 is 11.0 Å². The molecule has 0 spiro atoms. The number of benzene rings is 2. The summed E-state index contributed by atoms with van der Waals surface area (Å²) >= 11 is 0. The van der Waals surface area contributed by atoms with Crippen molar-refractivity contribution in [2.24, 2.45) is 0 Å². The van der Waals surface area contributed by atoms with E-state index in [4.69, 9.17) is 4.74 Å². The molecule has 194 valence electrons. The van der Waals surface area contributed by atoms with Crippen molar-refractivity contribution in [3.63, 3.8) is 0 Å². The molecule has 0 bridgehead atoms. The zero-order valence-corrected chi connectivity index (χ0v) is 22.1. The number of nitrogens with zero attached hydrogens (tertiary/aromatic N) is 4. The average Bonchev–Trinajstić information content (AvgIpc) is 2.86. The van der Waals surface area contributed by atoms with E-state index >= 15 is 0 Å². The molecule has 3 heterocycles. The number of fused-ring (bicyclic) bond motifs is 2. The Morgan fingerprint density at radius 3 is 2.51 bits per heavy atom. The van der Waals surface area contributed by atoms with Crippen LogP contribution < -0.4 is 11.2 Å². The second-order valence-electron chi connectivity index (χ2n) is 10.3. The highest BCUT2D eigenvalue weighted by molar-refractivity contribution is 5.81. The zero-order valence-electron chi connectivity index (χ0n) is 22.1. The fourth-order valence-corrected chi connectivity index (χ4v) is 5.28. The molecule has 0 aromatic heterocycles. The third kappa shape index (κ3) is 5.50. The minimum absolute atomic E-state index is 0.197. The van der Waals surface area contributed by atoms with Gasteiger partial charge in [0.15, 0.2) is 11.5 Å². The molecule has 0 unspecified atom stereocenters. The number of ether oxygens (including phenoxy) is 1. The maximum Gasteiger partial charge on any atom is 0.349 e. The van der Waals surface area contributed by atoms with Crippen LogP contribution in [0.25, 0.3) is 22.6 Å². The molecule has 8 nitrogen and oxygen atoms in total. The Kier molecular flexibility index (Phi) is 7.22. The first-order valence-corrected chi connectivity index (χ1v) is 13.2. The Morgan fingerprint density at radius 1 is 1.03 bits per heavy atom. The van der Waals surface area contributed by atoms with E-state index in [0.717, 1.165) is 61.1 Å². The normalized spacial score (nSPS) is 18.6. The quantitative estimate of drug-likeness (QED) is 0.387. The van der Waals surface area contributed by atoms with Crippen molar-refractivity contribution in [2.75, 3.05) is 13.1 Å². The monoisotopic (exact) mass is 501 g/mol. The molecule has 3 aliphatic heterocycles. The Bertz CT molecular complexity index is 1490. The second-order valence-corrected chi connectivity index (χ2v) is 10.3. The van der Waals surface area contributed by atoms with Crippen molar-refractivity contribution in [1.29, 1.82) is 0 Å². The van der Waals surface area contributed by atoms with Gasteiger partial charge >= 0.3 is 5.69 Å². The summed E-state index contributed by atoms with van der Waals surface area (Å²) in [6, 6.07) is 12.9. The highest BCUT2D eigenvalue weighted by Gasteiger charge is 2.24. The first kappa shape index (κ1) is 25.3.